The summed E-state index contributed by atoms with van der Waals surface area (Å²) in [6.07, 6.45) is 1.54. The van der Waals surface area contributed by atoms with Crippen LogP contribution in [0.25, 0.3) is 6.08 Å². The van der Waals surface area contributed by atoms with Crippen molar-refractivity contribution in [2.75, 3.05) is 7.11 Å². The summed E-state index contributed by atoms with van der Waals surface area (Å²) in [5.74, 6) is 0.335. The standard InChI is InChI=1S/C17H12ClNO2/c1-21-16-8-4-13(5-9-16)17(20)14(11-19)10-12-2-6-15(18)7-3-12/h2-10H,1H3/b14-10-. The summed E-state index contributed by atoms with van der Waals surface area (Å²) < 4.78 is 5.04. The molecule has 0 heterocycles. The third-order valence-corrected chi connectivity index (χ3v) is 3.15. The van der Waals surface area contributed by atoms with Gasteiger partial charge in [-0.1, -0.05) is 23.7 Å². The van der Waals surface area contributed by atoms with Gasteiger partial charge in [0, 0.05) is 10.6 Å². The second kappa shape index (κ2) is 6.74. The van der Waals surface area contributed by atoms with Crippen LogP contribution in [-0.2, 0) is 0 Å². The number of nitriles is 1. The molecule has 0 radical (unpaired) electrons. The number of allylic oxidation sites excluding steroid dienone is 1. The second-order valence-electron chi connectivity index (χ2n) is 4.28. The van der Waals surface area contributed by atoms with E-state index in [1.165, 1.54) is 0 Å². The molecule has 3 nitrogen and oxygen atoms in total. The van der Waals surface area contributed by atoms with Gasteiger partial charge in [0.1, 0.15) is 17.4 Å². The quantitative estimate of drug-likeness (QED) is 0.484. The van der Waals surface area contributed by atoms with Crippen LogP contribution in [0.3, 0.4) is 0 Å². The average molecular weight is 298 g/mol. The summed E-state index contributed by atoms with van der Waals surface area (Å²) in [5, 5.41) is 9.79. The Balaban J connectivity index is 2.29. The molecule has 0 unspecified atom stereocenters. The van der Waals surface area contributed by atoms with Gasteiger partial charge in [-0.2, -0.15) is 5.26 Å². The van der Waals surface area contributed by atoms with Crippen molar-refractivity contribution in [2.24, 2.45) is 0 Å². The first kappa shape index (κ1) is 14.8. The fourth-order valence-corrected chi connectivity index (χ4v) is 1.90. The van der Waals surface area contributed by atoms with E-state index < -0.39 is 0 Å². The maximum Gasteiger partial charge on any atom is 0.203 e. The maximum absolute atomic E-state index is 12.3. The molecular weight excluding hydrogens is 286 g/mol. The lowest BCUT2D eigenvalue weighted by Gasteiger charge is -2.02. The van der Waals surface area contributed by atoms with Gasteiger partial charge in [-0.3, -0.25) is 4.79 Å². The topological polar surface area (TPSA) is 50.1 Å². The van der Waals surface area contributed by atoms with Crippen LogP contribution in [-0.4, -0.2) is 12.9 Å². The zero-order valence-electron chi connectivity index (χ0n) is 11.3. The van der Waals surface area contributed by atoms with Crippen molar-refractivity contribution in [1.82, 2.24) is 0 Å². The number of halogens is 1. The number of hydrogen-bond acceptors (Lipinski definition) is 3. The van der Waals surface area contributed by atoms with Crippen LogP contribution >= 0.6 is 11.6 Å². The van der Waals surface area contributed by atoms with Gasteiger partial charge < -0.3 is 4.74 Å². The molecule has 0 saturated carbocycles. The summed E-state index contributed by atoms with van der Waals surface area (Å²) in [5.41, 5.74) is 1.26. The van der Waals surface area contributed by atoms with E-state index in [0.717, 1.165) is 5.56 Å². The highest BCUT2D eigenvalue weighted by atomic mass is 35.5. The number of nitrogens with zero attached hydrogens (tertiary/aromatic N) is 1. The molecule has 0 aliphatic heterocycles. The lowest BCUT2D eigenvalue weighted by atomic mass is 10.0. The zero-order valence-corrected chi connectivity index (χ0v) is 12.1. The number of carbonyl (C=O) groups is 1. The van der Waals surface area contributed by atoms with Crippen LogP contribution in [0, 0.1) is 11.3 Å². The van der Waals surface area contributed by atoms with E-state index >= 15 is 0 Å². The highest BCUT2D eigenvalue weighted by Gasteiger charge is 2.12. The number of methoxy groups -OCH3 is 1. The predicted octanol–water partition coefficient (Wildman–Crippen LogP) is 4.14. The molecule has 4 heteroatoms. The van der Waals surface area contributed by atoms with Crippen LogP contribution in [0.1, 0.15) is 15.9 Å². The Bertz CT molecular complexity index is 710. The zero-order chi connectivity index (χ0) is 15.2. The monoisotopic (exact) mass is 297 g/mol. The SMILES string of the molecule is COc1ccc(C(=O)/C(C#N)=C\c2ccc(Cl)cc2)cc1. The average Bonchev–Trinajstić information content (AvgIpc) is 2.54. The van der Waals surface area contributed by atoms with Crippen molar-refractivity contribution in [1.29, 1.82) is 5.26 Å². The number of benzene rings is 2. The molecule has 2 rings (SSSR count). The fraction of sp³-hybridized carbons (Fsp3) is 0.0588. The minimum atomic E-state index is -0.324. The van der Waals surface area contributed by atoms with Gasteiger partial charge in [-0.15, -0.1) is 0 Å². The van der Waals surface area contributed by atoms with Gasteiger partial charge >= 0.3 is 0 Å². The fourth-order valence-electron chi connectivity index (χ4n) is 1.77. The molecule has 0 aliphatic carbocycles. The number of hydrogen-bond donors (Lipinski definition) is 0. The third-order valence-electron chi connectivity index (χ3n) is 2.90. The van der Waals surface area contributed by atoms with Crippen molar-refractivity contribution in [2.45, 2.75) is 0 Å². The first-order valence-electron chi connectivity index (χ1n) is 6.20. The van der Waals surface area contributed by atoms with E-state index in [1.54, 1.807) is 61.7 Å². The molecule has 0 bridgehead atoms. The molecule has 0 spiro atoms. The summed E-state index contributed by atoms with van der Waals surface area (Å²) >= 11 is 5.80. The second-order valence-corrected chi connectivity index (χ2v) is 4.72. The van der Waals surface area contributed by atoms with E-state index in [9.17, 15) is 10.1 Å². The molecule has 21 heavy (non-hydrogen) atoms. The summed E-state index contributed by atoms with van der Waals surface area (Å²) in [4.78, 5) is 12.3. The number of Topliss-reactive ketones (excluding diaryl/α,β-unsaturated/α-hetero) is 1. The van der Waals surface area contributed by atoms with Gasteiger partial charge in [-0.25, -0.2) is 0 Å². The van der Waals surface area contributed by atoms with Crippen LogP contribution in [0.15, 0.2) is 54.1 Å². The lowest BCUT2D eigenvalue weighted by molar-refractivity contribution is 0.104. The Morgan fingerprint density at radius 3 is 2.29 bits per heavy atom. The maximum atomic E-state index is 12.3. The van der Waals surface area contributed by atoms with Crippen molar-refractivity contribution >= 4 is 23.5 Å². The summed E-state index contributed by atoms with van der Waals surface area (Å²) in [6, 6.07) is 15.5. The first-order valence-corrected chi connectivity index (χ1v) is 6.58. The molecule has 0 fully saturated rings. The lowest BCUT2D eigenvalue weighted by Crippen LogP contribution is -2.01. The molecule has 0 atom stereocenters. The highest BCUT2D eigenvalue weighted by molar-refractivity contribution is 6.30. The molecule has 0 aliphatic rings. The van der Waals surface area contributed by atoms with Gasteiger partial charge in [0.25, 0.3) is 0 Å². The molecule has 0 N–H and O–H groups in total. The molecular formula is C17H12ClNO2. The number of rotatable bonds is 4. The Morgan fingerprint density at radius 1 is 1.14 bits per heavy atom. The highest BCUT2D eigenvalue weighted by Crippen LogP contribution is 2.17. The van der Waals surface area contributed by atoms with Gasteiger partial charge in [0.15, 0.2) is 0 Å². The molecule has 104 valence electrons. The van der Waals surface area contributed by atoms with Crippen LogP contribution in [0.5, 0.6) is 5.75 Å². The Kier molecular flexibility index (Phi) is 4.76. The third kappa shape index (κ3) is 3.71. The van der Waals surface area contributed by atoms with Gasteiger partial charge in [0.05, 0.1) is 7.11 Å². The molecule has 0 aromatic heterocycles. The van der Waals surface area contributed by atoms with Gasteiger partial charge in [-0.05, 0) is 48.0 Å². The minimum Gasteiger partial charge on any atom is -0.497 e. The smallest absolute Gasteiger partial charge is 0.203 e. The summed E-state index contributed by atoms with van der Waals surface area (Å²) in [6.45, 7) is 0. The van der Waals surface area contributed by atoms with E-state index in [4.69, 9.17) is 16.3 Å². The van der Waals surface area contributed by atoms with Crippen LogP contribution < -0.4 is 4.74 Å². The minimum absolute atomic E-state index is 0.0717. The number of carbonyl (C=O) groups excluding carboxylic acids is 1. The van der Waals surface area contributed by atoms with Crippen molar-refractivity contribution in [3.8, 4) is 11.8 Å². The van der Waals surface area contributed by atoms with E-state index in [-0.39, 0.29) is 11.4 Å². The molecule has 2 aromatic rings. The summed E-state index contributed by atoms with van der Waals surface area (Å²) in [7, 11) is 1.55. The van der Waals surface area contributed by atoms with Crippen molar-refractivity contribution < 1.29 is 9.53 Å². The van der Waals surface area contributed by atoms with Gasteiger partial charge in [0.2, 0.25) is 5.78 Å². The molecule has 0 amide bonds. The number of ketones is 1. The Labute approximate surface area is 128 Å². The first-order chi connectivity index (χ1) is 10.1. The Morgan fingerprint density at radius 2 is 1.76 bits per heavy atom. The van der Waals surface area contributed by atoms with E-state index in [2.05, 4.69) is 0 Å². The molecule has 2 aromatic carbocycles. The van der Waals surface area contributed by atoms with Crippen molar-refractivity contribution in [3.63, 3.8) is 0 Å². The largest absolute Gasteiger partial charge is 0.497 e. The van der Waals surface area contributed by atoms with Crippen molar-refractivity contribution in [3.05, 3.63) is 70.3 Å². The number of ether oxygens (including phenoxy) is 1. The molecule has 0 saturated heterocycles. The van der Waals surface area contributed by atoms with Crippen LogP contribution in [0.2, 0.25) is 5.02 Å². The predicted molar refractivity (Wildman–Crippen MR) is 82.4 cm³/mol. The van der Waals surface area contributed by atoms with E-state index in [1.807, 2.05) is 6.07 Å². The Hall–Kier alpha value is -2.57. The normalized spacial score (nSPS) is 10.8. The van der Waals surface area contributed by atoms with E-state index in [0.29, 0.717) is 16.3 Å². The van der Waals surface area contributed by atoms with Crippen LogP contribution in [0.4, 0.5) is 0 Å².